The lowest BCUT2D eigenvalue weighted by atomic mass is 10.1. The summed E-state index contributed by atoms with van der Waals surface area (Å²) in [5.74, 6) is -0.302. The van der Waals surface area contributed by atoms with Crippen molar-refractivity contribution in [2.24, 2.45) is 5.92 Å². The predicted octanol–water partition coefficient (Wildman–Crippen LogP) is 1.55. The Kier molecular flexibility index (Phi) is 9.24. The van der Waals surface area contributed by atoms with Crippen LogP contribution in [0, 0.1) is 5.92 Å². The van der Waals surface area contributed by atoms with Crippen LogP contribution in [0.2, 0.25) is 0 Å². The molecular weight excluding hydrogens is 166 g/mol. The average Bonchev–Trinajstić information content (AvgIpc) is 2.05. The van der Waals surface area contributed by atoms with Gasteiger partial charge in [0.25, 0.3) is 0 Å². The van der Waals surface area contributed by atoms with Crippen molar-refractivity contribution in [1.29, 1.82) is 0 Å². The fraction of sp³-hybridized carbons (Fsp3) is 0.900. The maximum absolute atomic E-state index is 11.0. The lowest BCUT2D eigenvalue weighted by Crippen LogP contribution is -2.41. The van der Waals surface area contributed by atoms with Gasteiger partial charge in [-0.25, -0.2) is 0 Å². The molecule has 0 bridgehead atoms. The summed E-state index contributed by atoms with van der Waals surface area (Å²) in [4.78, 5) is 11.0. The largest absolute Gasteiger partial charge is 0.383 e. The molecule has 0 rings (SSSR count). The zero-order chi connectivity index (χ0) is 11.0. The van der Waals surface area contributed by atoms with Crippen molar-refractivity contribution < 1.29 is 9.90 Å². The van der Waals surface area contributed by atoms with Crippen molar-refractivity contribution in [2.75, 3.05) is 0 Å². The van der Waals surface area contributed by atoms with E-state index in [-0.39, 0.29) is 17.9 Å². The molecule has 0 aliphatic rings. The first-order valence-electron chi connectivity index (χ1n) is 4.93. The van der Waals surface area contributed by atoms with Gasteiger partial charge in [0.1, 0.15) is 6.10 Å². The summed E-state index contributed by atoms with van der Waals surface area (Å²) in [6, 6.07) is 0.0934. The van der Waals surface area contributed by atoms with Crippen LogP contribution < -0.4 is 5.32 Å². The third-order valence-corrected chi connectivity index (χ3v) is 1.33. The molecule has 1 amide bonds. The standard InChI is InChI=1S/C8H17NO2.C2H6/c1-5(2)7(10)8(11)9-6(3)4;1-2/h5-7,10H,1-4H3,(H,9,11);1-2H3. The van der Waals surface area contributed by atoms with Gasteiger partial charge >= 0.3 is 0 Å². The molecule has 0 aliphatic carbocycles. The fourth-order valence-corrected chi connectivity index (χ4v) is 0.673. The summed E-state index contributed by atoms with van der Waals surface area (Å²) >= 11 is 0. The first kappa shape index (κ1) is 14.9. The van der Waals surface area contributed by atoms with Crippen LogP contribution in [0.15, 0.2) is 0 Å². The Labute approximate surface area is 81.5 Å². The number of carbonyl (C=O) groups is 1. The van der Waals surface area contributed by atoms with Gasteiger partial charge in [-0.2, -0.15) is 0 Å². The number of aliphatic hydroxyl groups is 1. The molecule has 0 aromatic heterocycles. The van der Waals surface area contributed by atoms with E-state index in [0.717, 1.165) is 0 Å². The molecule has 2 N–H and O–H groups in total. The molecule has 0 radical (unpaired) electrons. The van der Waals surface area contributed by atoms with Crippen molar-refractivity contribution in [3.8, 4) is 0 Å². The highest BCUT2D eigenvalue weighted by atomic mass is 16.3. The lowest BCUT2D eigenvalue weighted by Gasteiger charge is -2.15. The number of nitrogens with one attached hydrogen (secondary N) is 1. The summed E-state index contributed by atoms with van der Waals surface area (Å²) in [5, 5.41) is 11.9. The molecule has 0 aromatic rings. The fourth-order valence-electron chi connectivity index (χ4n) is 0.673. The van der Waals surface area contributed by atoms with Gasteiger partial charge < -0.3 is 10.4 Å². The summed E-state index contributed by atoms with van der Waals surface area (Å²) < 4.78 is 0. The van der Waals surface area contributed by atoms with Gasteiger partial charge in [0.2, 0.25) is 5.91 Å². The number of carbonyl (C=O) groups excluding carboxylic acids is 1. The molecule has 1 unspecified atom stereocenters. The molecular formula is C10H23NO2. The van der Waals surface area contributed by atoms with Gasteiger partial charge in [-0.15, -0.1) is 0 Å². The Hall–Kier alpha value is -0.570. The minimum atomic E-state index is -0.877. The molecule has 1 atom stereocenters. The monoisotopic (exact) mass is 189 g/mol. The van der Waals surface area contributed by atoms with Gasteiger partial charge in [-0.1, -0.05) is 27.7 Å². The molecule has 13 heavy (non-hydrogen) atoms. The molecule has 0 aromatic carbocycles. The van der Waals surface area contributed by atoms with Gasteiger partial charge in [0.15, 0.2) is 0 Å². The Morgan fingerprint density at radius 1 is 1.15 bits per heavy atom. The SMILES string of the molecule is CC.CC(C)NC(=O)C(O)C(C)C. The number of aliphatic hydroxyl groups excluding tert-OH is 1. The first-order chi connectivity index (χ1) is 5.95. The second-order valence-corrected chi connectivity index (χ2v) is 3.35. The summed E-state index contributed by atoms with van der Waals surface area (Å²) in [5.41, 5.74) is 0. The number of rotatable bonds is 3. The highest BCUT2D eigenvalue weighted by molar-refractivity contribution is 5.80. The van der Waals surface area contributed by atoms with E-state index < -0.39 is 6.10 Å². The molecule has 0 saturated carbocycles. The number of hydrogen-bond acceptors (Lipinski definition) is 2. The van der Waals surface area contributed by atoms with Crippen LogP contribution in [0.3, 0.4) is 0 Å². The summed E-state index contributed by atoms with van der Waals surface area (Å²) in [6.07, 6.45) is -0.877. The van der Waals surface area contributed by atoms with E-state index in [0.29, 0.717) is 0 Å². The van der Waals surface area contributed by atoms with Crippen LogP contribution in [-0.4, -0.2) is 23.2 Å². The molecule has 3 heteroatoms. The van der Waals surface area contributed by atoms with Crippen LogP contribution in [0.25, 0.3) is 0 Å². The van der Waals surface area contributed by atoms with E-state index in [1.165, 1.54) is 0 Å². The summed E-state index contributed by atoms with van der Waals surface area (Å²) in [7, 11) is 0. The third-order valence-electron chi connectivity index (χ3n) is 1.33. The van der Waals surface area contributed by atoms with Crippen LogP contribution in [0.5, 0.6) is 0 Å². The van der Waals surface area contributed by atoms with Gasteiger partial charge in [-0.3, -0.25) is 4.79 Å². The molecule has 80 valence electrons. The average molecular weight is 189 g/mol. The molecule has 0 aliphatic heterocycles. The Morgan fingerprint density at radius 3 is 1.77 bits per heavy atom. The highest BCUT2D eigenvalue weighted by Gasteiger charge is 2.18. The third kappa shape index (κ3) is 7.78. The molecule has 0 saturated heterocycles. The molecule has 0 spiro atoms. The minimum Gasteiger partial charge on any atom is -0.383 e. The van der Waals surface area contributed by atoms with E-state index >= 15 is 0 Å². The quantitative estimate of drug-likeness (QED) is 0.707. The van der Waals surface area contributed by atoms with Crippen molar-refractivity contribution in [3.05, 3.63) is 0 Å². The van der Waals surface area contributed by atoms with Gasteiger partial charge in [0, 0.05) is 6.04 Å². The van der Waals surface area contributed by atoms with Crippen molar-refractivity contribution in [3.63, 3.8) is 0 Å². The first-order valence-corrected chi connectivity index (χ1v) is 4.93. The normalized spacial score (nSPS) is 12.1. The minimum absolute atomic E-state index is 0.0197. The predicted molar refractivity (Wildman–Crippen MR) is 55.5 cm³/mol. The zero-order valence-corrected chi connectivity index (χ0v) is 9.59. The maximum atomic E-state index is 11.0. The van der Waals surface area contributed by atoms with Crippen LogP contribution in [0.1, 0.15) is 41.5 Å². The van der Waals surface area contributed by atoms with Gasteiger partial charge in [-0.05, 0) is 19.8 Å². The van der Waals surface area contributed by atoms with E-state index in [4.69, 9.17) is 0 Å². The number of hydrogen-bond donors (Lipinski definition) is 2. The zero-order valence-electron chi connectivity index (χ0n) is 9.59. The summed E-state index contributed by atoms with van der Waals surface area (Å²) in [6.45, 7) is 11.4. The van der Waals surface area contributed by atoms with Crippen LogP contribution in [-0.2, 0) is 4.79 Å². The topological polar surface area (TPSA) is 49.3 Å². The Bertz CT molecular complexity index is 133. The molecule has 3 nitrogen and oxygen atoms in total. The highest BCUT2D eigenvalue weighted by Crippen LogP contribution is 2.00. The lowest BCUT2D eigenvalue weighted by molar-refractivity contribution is -0.131. The van der Waals surface area contributed by atoms with Crippen molar-refractivity contribution in [1.82, 2.24) is 5.32 Å². The second-order valence-electron chi connectivity index (χ2n) is 3.35. The van der Waals surface area contributed by atoms with Crippen LogP contribution in [0.4, 0.5) is 0 Å². The van der Waals surface area contributed by atoms with Crippen molar-refractivity contribution in [2.45, 2.75) is 53.7 Å². The number of amides is 1. The van der Waals surface area contributed by atoms with Crippen molar-refractivity contribution >= 4 is 5.91 Å². The van der Waals surface area contributed by atoms with E-state index in [1.807, 2.05) is 41.5 Å². The van der Waals surface area contributed by atoms with E-state index in [1.54, 1.807) is 0 Å². The maximum Gasteiger partial charge on any atom is 0.249 e. The van der Waals surface area contributed by atoms with Crippen LogP contribution >= 0.6 is 0 Å². The Balaban J connectivity index is 0. The van der Waals surface area contributed by atoms with Gasteiger partial charge in [0.05, 0.1) is 0 Å². The smallest absolute Gasteiger partial charge is 0.249 e. The molecule has 0 heterocycles. The Morgan fingerprint density at radius 2 is 1.54 bits per heavy atom. The van der Waals surface area contributed by atoms with E-state index in [9.17, 15) is 9.90 Å². The second kappa shape index (κ2) is 8.05. The molecule has 0 fully saturated rings. The van der Waals surface area contributed by atoms with E-state index in [2.05, 4.69) is 5.32 Å².